The van der Waals surface area contributed by atoms with E-state index >= 15 is 0 Å². The van der Waals surface area contributed by atoms with Crippen molar-refractivity contribution in [1.29, 1.82) is 0 Å². The molecule has 0 bridgehead atoms. The molecule has 3 atom stereocenters. The summed E-state index contributed by atoms with van der Waals surface area (Å²) in [6.45, 7) is 1.02. The molecule has 0 aromatic heterocycles. The van der Waals surface area contributed by atoms with E-state index in [-0.39, 0.29) is 5.75 Å². The lowest BCUT2D eigenvalue weighted by molar-refractivity contribution is -0.274. The number of halogens is 3. The molecule has 0 amide bonds. The predicted octanol–water partition coefficient (Wildman–Crippen LogP) is 2.87. The highest BCUT2D eigenvalue weighted by Gasteiger charge is 2.48. The summed E-state index contributed by atoms with van der Waals surface area (Å²) in [7, 11) is 0. The van der Waals surface area contributed by atoms with E-state index in [1.54, 1.807) is 12.1 Å². The van der Waals surface area contributed by atoms with Crippen molar-refractivity contribution >= 4 is 0 Å². The summed E-state index contributed by atoms with van der Waals surface area (Å²) in [4.78, 5) is 0. The van der Waals surface area contributed by atoms with E-state index in [4.69, 9.17) is 0 Å². The fourth-order valence-electron chi connectivity index (χ4n) is 2.59. The molecule has 92 valence electrons. The summed E-state index contributed by atoms with van der Waals surface area (Å²) >= 11 is 0. The normalized spacial score (nSPS) is 31.1. The summed E-state index contributed by atoms with van der Waals surface area (Å²) in [5, 5.41) is 3.38. The topological polar surface area (TPSA) is 21.3 Å². The lowest BCUT2D eigenvalue weighted by Gasteiger charge is -2.14. The van der Waals surface area contributed by atoms with Gasteiger partial charge in [-0.05, 0) is 42.5 Å². The summed E-state index contributed by atoms with van der Waals surface area (Å²) in [5.41, 5.74) is 1.05. The smallest absolute Gasteiger partial charge is 0.406 e. The molecule has 2 aliphatic rings. The molecule has 1 aromatic rings. The van der Waals surface area contributed by atoms with Crippen LogP contribution in [-0.2, 0) is 0 Å². The highest BCUT2D eigenvalue weighted by Crippen LogP contribution is 2.51. The Morgan fingerprint density at radius 2 is 1.88 bits per heavy atom. The molecular weight excluding hydrogens is 231 g/mol. The maximum atomic E-state index is 12.0. The maximum Gasteiger partial charge on any atom is 0.573 e. The Bertz CT molecular complexity index is 415. The average molecular weight is 243 g/mol. The van der Waals surface area contributed by atoms with E-state index in [1.165, 1.54) is 18.6 Å². The molecule has 0 radical (unpaired) electrons. The molecule has 17 heavy (non-hydrogen) atoms. The highest BCUT2D eigenvalue weighted by molar-refractivity contribution is 5.31. The van der Waals surface area contributed by atoms with Crippen molar-refractivity contribution in [2.24, 2.45) is 11.8 Å². The van der Waals surface area contributed by atoms with Crippen molar-refractivity contribution in [3.63, 3.8) is 0 Å². The Labute approximate surface area is 96.8 Å². The summed E-state index contributed by atoms with van der Waals surface area (Å²) in [6.07, 6.45) is -3.38. The van der Waals surface area contributed by atoms with Gasteiger partial charge in [0, 0.05) is 6.04 Å². The maximum absolute atomic E-state index is 12.0. The first-order chi connectivity index (χ1) is 8.03. The summed E-state index contributed by atoms with van der Waals surface area (Å²) in [6, 6.07) is 6.47. The molecule has 2 nitrogen and oxygen atoms in total. The molecule has 3 rings (SSSR count). The average Bonchev–Trinajstić information content (AvgIpc) is 2.90. The third-order valence-electron chi connectivity index (χ3n) is 3.48. The van der Waals surface area contributed by atoms with Gasteiger partial charge in [0.2, 0.25) is 0 Å². The number of benzene rings is 1. The van der Waals surface area contributed by atoms with Gasteiger partial charge in [-0.2, -0.15) is 0 Å². The van der Waals surface area contributed by atoms with Gasteiger partial charge in [-0.1, -0.05) is 12.1 Å². The molecule has 1 aliphatic heterocycles. The minimum absolute atomic E-state index is 0.161. The van der Waals surface area contributed by atoms with Crippen LogP contribution >= 0.6 is 0 Å². The number of rotatable bonds is 2. The Kier molecular flexibility index (Phi) is 2.33. The Morgan fingerprint density at radius 1 is 1.18 bits per heavy atom. The molecule has 1 saturated heterocycles. The van der Waals surface area contributed by atoms with Crippen LogP contribution in [0.25, 0.3) is 0 Å². The van der Waals surface area contributed by atoms with Crippen molar-refractivity contribution in [3.8, 4) is 5.75 Å². The van der Waals surface area contributed by atoms with Crippen molar-refractivity contribution in [2.45, 2.75) is 18.8 Å². The fourth-order valence-corrected chi connectivity index (χ4v) is 2.59. The molecule has 5 heteroatoms. The van der Waals surface area contributed by atoms with E-state index in [9.17, 15) is 13.2 Å². The quantitative estimate of drug-likeness (QED) is 0.862. The zero-order chi connectivity index (χ0) is 12.0. The predicted molar refractivity (Wildman–Crippen MR) is 55.5 cm³/mol. The van der Waals surface area contributed by atoms with E-state index < -0.39 is 6.36 Å². The van der Waals surface area contributed by atoms with Gasteiger partial charge in [0.05, 0.1) is 0 Å². The van der Waals surface area contributed by atoms with Gasteiger partial charge in [-0.15, -0.1) is 13.2 Å². The number of ether oxygens (including phenoxy) is 1. The number of fused-ring (bicyclic) bond motifs is 1. The van der Waals surface area contributed by atoms with E-state index in [1.807, 2.05) is 0 Å². The van der Waals surface area contributed by atoms with Gasteiger partial charge in [0.15, 0.2) is 0 Å². The van der Waals surface area contributed by atoms with Crippen LogP contribution in [-0.4, -0.2) is 12.9 Å². The van der Waals surface area contributed by atoms with Gasteiger partial charge < -0.3 is 10.1 Å². The number of hydrogen-bond donors (Lipinski definition) is 1. The molecule has 0 spiro atoms. The van der Waals surface area contributed by atoms with Crippen molar-refractivity contribution < 1.29 is 17.9 Å². The molecule has 2 fully saturated rings. The summed E-state index contributed by atoms with van der Waals surface area (Å²) in [5.74, 6) is 1.28. The first kappa shape index (κ1) is 10.9. The molecule has 1 saturated carbocycles. The molecule has 1 aromatic carbocycles. The minimum Gasteiger partial charge on any atom is -0.406 e. The van der Waals surface area contributed by atoms with Crippen molar-refractivity contribution in [3.05, 3.63) is 29.8 Å². The molecule has 1 N–H and O–H groups in total. The second-order valence-corrected chi connectivity index (χ2v) is 4.66. The third-order valence-corrected chi connectivity index (χ3v) is 3.48. The highest BCUT2D eigenvalue weighted by atomic mass is 19.4. The lowest BCUT2D eigenvalue weighted by Crippen LogP contribution is -2.19. The third kappa shape index (κ3) is 2.24. The Hall–Kier alpha value is -1.23. The first-order valence-electron chi connectivity index (χ1n) is 5.62. The lowest BCUT2D eigenvalue weighted by atomic mass is 10.0. The number of nitrogens with one attached hydrogen (secondary N) is 1. The number of alkyl halides is 3. The fraction of sp³-hybridized carbons (Fsp3) is 0.500. The minimum atomic E-state index is -4.62. The van der Waals surface area contributed by atoms with Crippen LogP contribution in [0.15, 0.2) is 24.3 Å². The van der Waals surface area contributed by atoms with Crippen LogP contribution in [0, 0.1) is 11.8 Å². The van der Waals surface area contributed by atoms with Crippen LogP contribution in [0.4, 0.5) is 13.2 Å². The van der Waals surface area contributed by atoms with Gasteiger partial charge in [-0.25, -0.2) is 0 Å². The van der Waals surface area contributed by atoms with E-state index in [0.717, 1.165) is 18.0 Å². The van der Waals surface area contributed by atoms with Crippen LogP contribution in [0.1, 0.15) is 18.0 Å². The van der Waals surface area contributed by atoms with Gasteiger partial charge in [0.1, 0.15) is 5.75 Å². The van der Waals surface area contributed by atoms with Crippen LogP contribution in [0.2, 0.25) is 0 Å². The van der Waals surface area contributed by atoms with Crippen LogP contribution < -0.4 is 10.1 Å². The van der Waals surface area contributed by atoms with Crippen molar-refractivity contribution in [2.75, 3.05) is 6.54 Å². The zero-order valence-electron chi connectivity index (χ0n) is 9.00. The Balaban J connectivity index is 1.71. The summed E-state index contributed by atoms with van der Waals surface area (Å²) < 4.78 is 39.8. The SMILES string of the molecule is FC(F)(F)Oc1ccc([C@@H]2NC[C@@H]3C[C@@H]32)cc1. The second-order valence-electron chi connectivity index (χ2n) is 4.66. The van der Waals surface area contributed by atoms with Crippen molar-refractivity contribution in [1.82, 2.24) is 5.32 Å². The van der Waals surface area contributed by atoms with Gasteiger partial charge in [-0.3, -0.25) is 0 Å². The second kappa shape index (κ2) is 3.63. The Morgan fingerprint density at radius 3 is 2.35 bits per heavy atom. The van der Waals surface area contributed by atoms with Crippen LogP contribution in [0.3, 0.4) is 0 Å². The van der Waals surface area contributed by atoms with E-state index in [2.05, 4.69) is 10.1 Å². The number of piperidine rings is 1. The largest absolute Gasteiger partial charge is 0.573 e. The molecule has 1 heterocycles. The van der Waals surface area contributed by atoms with Crippen LogP contribution in [0.5, 0.6) is 5.75 Å². The van der Waals surface area contributed by atoms with E-state index in [0.29, 0.717) is 12.0 Å². The van der Waals surface area contributed by atoms with Gasteiger partial charge >= 0.3 is 6.36 Å². The molecule has 1 aliphatic carbocycles. The standard InChI is InChI=1S/C12H12F3NO/c13-12(14,15)17-9-3-1-7(2-4-9)11-10-5-8(10)6-16-11/h1-4,8,10-11,16H,5-6H2/t8-,10-,11-/m0/s1. The molecule has 0 unspecified atom stereocenters. The molecular formula is C12H12F3NO. The zero-order valence-corrected chi connectivity index (χ0v) is 9.00. The van der Waals surface area contributed by atoms with Gasteiger partial charge in [0.25, 0.3) is 0 Å². The monoisotopic (exact) mass is 243 g/mol. The first-order valence-corrected chi connectivity index (χ1v) is 5.62. The number of hydrogen-bond acceptors (Lipinski definition) is 2.